The Morgan fingerprint density at radius 2 is 1.31 bits per heavy atom. The van der Waals surface area contributed by atoms with Gasteiger partial charge in [0.1, 0.15) is 17.3 Å². The summed E-state index contributed by atoms with van der Waals surface area (Å²) in [6.45, 7) is 9.20. The number of nitrogens with one attached hydrogen (secondary N) is 1. The highest BCUT2D eigenvalue weighted by Gasteiger charge is 2.47. The van der Waals surface area contributed by atoms with Crippen LogP contribution in [0.2, 0.25) is 0 Å². The standard InChI is InChI=1S/C69H65F4NO3/c1-5-7-9-12-44-15-17-45(18-16-44)46-19-21-47(22-20-46)48-23-25-50(26-24-48)66(75)74-55-36-27-49(28-37-55)60-43-68(51-29-34-54(70)35-30-51,52-31-38-56(39-32-52)76-41-8-6-2)77-65-59-42-53(69(71,72)73)33-40-57(59)62-58-13-10-11-14-61(58)67(3,4)64(62)63(60)65/h10-11,13-14,19-40,42-45H,5-9,12,15-18,41H2,1-4H3,(H,74,75). The van der Waals surface area contributed by atoms with Crippen molar-refractivity contribution in [1.82, 2.24) is 0 Å². The van der Waals surface area contributed by atoms with Crippen LogP contribution in [-0.4, -0.2) is 12.5 Å². The summed E-state index contributed by atoms with van der Waals surface area (Å²) in [5, 5.41) is 4.03. The Bertz CT molecular complexity index is 3460. The minimum Gasteiger partial charge on any atom is -0.494 e. The molecule has 0 saturated heterocycles. The second kappa shape index (κ2) is 21.2. The Kier molecular flexibility index (Phi) is 14.2. The van der Waals surface area contributed by atoms with Crippen molar-refractivity contribution in [3.8, 4) is 33.8 Å². The topological polar surface area (TPSA) is 47.6 Å². The van der Waals surface area contributed by atoms with Gasteiger partial charge in [0.15, 0.2) is 5.60 Å². The molecule has 77 heavy (non-hydrogen) atoms. The van der Waals surface area contributed by atoms with Gasteiger partial charge in [0.2, 0.25) is 0 Å². The third-order valence-corrected chi connectivity index (χ3v) is 16.7. The maximum absolute atomic E-state index is 14.9. The number of anilines is 1. The number of carbonyl (C=O) groups excluding carboxylic acids is 1. The fourth-order valence-electron chi connectivity index (χ4n) is 12.4. The van der Waals surface area contributed by atoms with Crippen molar-refractivity contribution >= 4 is 27.9 Å². The zero-order valence-corrected chi connectivity index (χ0v) is 44.3. The van der Waals surface area contributed by atoms with Crippen LogP contribution in [0.1, 0.15) is 153 Å². The van der Waals surface area contributed by atoms with E-state index in [4.69, 9.17) is 9.47 Å². The lowest BCUT2D eigenvalue weighted by molar-refractivity contribution is -0.137. The van der Waals surface area contributed by atoms with Gasteiger partial charge in [-0.2, -0.15) is 13.2 Å². The molecular weight excluding hydrogens is 967 g/mol. The largest absolute Gasteiger partial charge is 0.494 e. The van der Waals surface area contributed by atoms with Gasteiger partial charge in [-0.05, 0) is 166 Å². The molecule has 8 aromatic carbocycles. The van der Waals surface area contributed by atoms with Gasteiger partial charge < -0.3 is 14.8 Å². The molecule has 392 valence electrons. The summed E-state index contributed by atoms with van der Waals surface area (Å²) in [7, 11) is 0. The summed E-state index contributed by atoms with van der Waals surface area (Å²) in [6, 6.07) is 49.8. The van der Waals surface area contributed by atoms with E-state index < -0.39 is 28.6 Å². The number of ether oxygens (including phenoxy) is 2. The van der Waals surface area contributed by atoms with E-state index in [2.05, 4.69) is 63.3 Å². The van der Waals surface area contributed by atoms with Gasteiger partial charge in [0.25, 0.3) is 5.91 Å². The molecule has 1 fully saturated rings. The number of hydrogen-bond donors (Lipinski definition) is 1. The normalized spacial score (nSPS) is 18.4. The van der Waals surface area contributed by atoms with E-state index in [1.807, 2.05) is 97.1 Å². The van der Waals surface area contributed by atoms with Gasteiger partial charge in [-0.3, -0.25) is 4.79 Å². The lowest BCUT2D eigenvalue weighted by Gasteiger charge is -2.41. The molecule has 1 N–H and O–H groups in total. The van der Waals surface area contributed by atoms with Gasteiger partial charge in [-0.25, -0.2) is 4.39 Å². The van der Waals surface area contributed by atoms with Gasteiger partial charge in [0.05, 0.1) is 12.2 Å². The van der Waals surface area contributed by atoms with E-state index in [1.54, 1.807) is 18.2 Å². The zero-order chi connectivity index (χ0) is 53.5. The Balaban J connectivity index is 0.962. The third-order valence-electron chi connectivity index (χ3n) is 16.7. The van der Waals surface area contributed by atoms with Crippen molar-refractivity contribution in [2.45, 2.75) is 115 Å². The summed E-state index contributed by atoms with van der Waals surface area (Å²) in [6.07, 6.45) is 9.73. The van der Waals surface area contributed by atoms with Gasteiger partial charge in [0, 0.05) is 38.7 Å². The van der Waals surface area contributed by atoms with E-state index in [9.17, 15) is 22.4 Å². The second-order valence-electron chi connectivity index (χ2n) is 22.0. The number of unbranched alkanes of at least 4 members (excludes halogenated alkanes) is 3. The molecule has 8 heteroatoms. The predicted molar refractivity (Wildman–Crippen MR) is 303 cm³/mol. The van der Waals surface area contributed by atoms with E-state index in [1.165, 1.54) is 75.1 Å². The van der Waals surface area contributed by atoms with E-state index in [-0.39, 0.29) is 11.7 Å². The van der Waals surface area contributed by atoms with Crippen molar-refractivity contribution < 1.29 is 31.8 Å². The lowest BCUT2D eigenvalue weighted by atomic mass is 9.73. The molecule has 3 aliphatic rings. The number of amides is 1. The van der Waals surface area contributed by atoms with Crippen molar-refractivity contribution in [2.24, 2.45) is 5.92 Å². The van der Waals surface area contributed by atoms with Gasteiger partial charge >= 0.3 is 6.18 Å². The first-order valence-corrected chi connectivity index (χ1v) is 27.6. The summed E-state index contributed by atoms with van der Waals surface area (Å²) < 4.78 is 73.1. The second-order valence-corrected chi connectivity index (χ2v) is 22.0. The van der Waals surface area contributed by atoms with Crippen LogP contribution < -0.4 is 14.8 Å². The molecule has 2 aliphatic carbocycles. The Hall–Kier alpha value is -7.45. The average molecular weight is 1030 g/mol. The molecular formula is C69H65F4NO3. The summed E-state index contributed by atoms with van der Waals surface area (Å²) in [5.74, 6) is 1.73. The highest BCUT2D eigenvalue weighted by molar-refractivity contribution is 6.11. The number of carbonyl (C=O) groups is 1. The number of benzene rings is 8. The van der Waals surface area contributed by atoms with Crippen LogP contribution in [0.4, 0.5) is 23.2 Å². The molecule has 0 aromatic heterocycles. The van der Waals surface area contributed by atoms with Crippen LogP contribution in [0.3, 0.4) is 0 Å². The Morgan fingerprint density at radius 1 is 0.675 bits per heavy atom. The third kappa shape index (κ3) is 9.96. The molecule has 0 spiro atoms. The van der Waals surface area contributed by atoms with Crippen molar-refractivity contribution in [3.05, 3.63) is 226 Å². The fourth-order valence-corrected chi connectivity index (χ4v) is 12.4. The summed E-state index contributed by atoms with van der Waals surface area (Å²) in [4.78, 5) is 13.9. The maximum atomic E-state index is 14.9. The first kappa shape index (κ1) is 51.6. The smallest absolute Gasteiger partial charge is 0.416 e. The first-order chi connectivity index (χ1) is 37.2. The number of hydrogen-bond acceptors (Lipinski definition) is 3. The van der Waals surface area contributed by atoms with E-state index in [0.717, 1.165) is 63.8 Å². The lowest BCUT2D eigenvalue weighted by Crippen LogP contribution is -2.36. The van der Waals surface area contributed by atoms with Crippen molar-refractivity contribution in [1.29, 1.82) is 0 Å². The van der Waals surface area contributed by atoms with Crippen molar-refractivity contribution in [2.75, 3.05) is 11.9 Å². The van der Waals surface area contributed by atoms with Crippen LogP contribution in [0.25, 0.3) is 38.6 Å². The Morgan fingerprint density at radius 3 is 1.97 bits per heavy atom. The maximum Gasteiger partial charge on any atom is 0.416 e. The molecule has 0 radical (unpaired) electrons. The van der Waals surface area contributed by atoms with Gasteiger partial charge in [-0.15, -0.1) is 0 Å². The molecule has 8 aromatic rings. The number of halogens is 4. The molecule has 1 amide bonds. The number of alkyl halides is 3. The van der Waals surface area contributed by atoms with E-state index in [0.29, 0.717) is 62.6 Å². The quantitative estimate of drug-likeness (QED) is 0.0822. The molecule has 0 bridgehead atoms. The zero-order valence-electron chi connectivity index (χ0n) is 44.3. The molecule has 11 rings (SSSR count). The highest BCUT2D eigenvalue weighted by atomic mass is 19.4. The van der Waals surface area contributed by atoms with E-state index >= 15 is 0 Å². The minimum absolute atomic E-state index is 0.262. The monoisotopic (exact) mass is 1030 g/mol. The minimum atomic E-state index is -4.65. The first-order valence-electron chi connectivity index (χ1n) is 27.6. The molecule has 1 unspecified atom stereocenters. The summed E-state index contributed by atoms with van der Waals surface area (Å²) >= 11 is 0. The van der Waals surface area contributed by atoms with Crippen LogP contribution in [0, 0.1) is 11.7 Å². The fraction of sp³-hybridized carbons (Fsp3) is 0.290. The Labute approximate surface area is 450 Å². The molecule has 4 nitrogen and oxygen atoms in total. The SMILES string of the molecule is CCCCCC1CCC(c2ccc(-c3ccc(C(=O)Nc4ccc(C5=CC(c6ccc(F)cc6)(c6ccc(OCCCC)cc6)Oc6c5c5c(c7ccc(C(F)(F)F)cc67)-c6ccccc6C5(C)C)cc4)cc3)cc2)CC1. The molecule has 1 saturated carbocycles. The molecule has 1 atom stereocenters. The van der Waals surface area contributed by atoms with Crippen LogP contribution in [0.15, 0.2) is 170 Å². The van der Waals surface area contributed by atoms with Crippen molar-refractivity contribution in [3.63, 3.8) is 0 Å². The number of fused-ring (bicyclic) bond motifs is 8. The van der Waals surface area contributed by atoms with Gasteiger partial charge in [-0.1, -0.05) is 163 Å². The number of rotatable bonds is 15. The summed E-state index contributed by atoms with van der Waals surface area (Å²) in [5.41, 5.74) is 8.85. The predicted octanol–water partition coefficient (Wildman–Crippen LogP) is 19.0. The average Bonchev–Trinajstić information content (AvgIpc) is 3.72. The van der Waals surface area contributed by atoms with Crippen LogP contribution >= 0.6 is 0 Å². The molecule has 1 aliphatic heterocycles. The van der Waals surface area contributed by atoms with Crippen LogP contribution in [-0.2, 0) is 17.2 Å². The van der Waals surface area contributed by atoms with Crippen LogP contribution in [0.5, 0.6) is 11.5 Å². The molecule has 1 heterocycles. The highest BCUT2D eigenvalue weighted by Crippen LogP contribution is 2.61.